The van der Waals surface area contributed by atoms with Crippen molar-refractivity contribution >= 4 is 6.08 Å². The van der Waals surface area contributed by atoms with E-state index in [4.69, 9.17) is 14.6 Å². The van der Waals surface area contributed by atoms with Crippen LogP contribution in [0.5, 0.6) is 23.0 Å². The Balaban J connectivity index is 1.92. The van der Waals surface area contributed by atoms with Crippen LogP contribution >= 0.6 is 0 Å². The summed E-state index contributed by atoms with van der Waals surface area (Å²) in [7, 11) is 0. The van der Waals surface area contributed by atoms with Gasteiger partial charge in [0.05, 0.1) is 13.2 Å². The summed E-state index contributed by atoms with van der Waals surface area (Å²) in [6, 6.07) is 9.67. The highest BCUT2D eigenvalue weighted by Crippen LogP contribution is 2.41. The molecule has 0 aliphatic carbocycles. The molecule has 0 fully saturated rings. The van der Waals surface area contributed by atoms with Gasteiger partial charge in [-0.3, -0.25) is 0 Å². The van der Waals surface area contributed by atoms with Crippen molar-refractivity contribution < 1.29 is 29.9 Å². The number of ether oxygens (including phenoxy) is 2. The molecule has 2 aromatic rings. The zero-order valence-corrected chi connectivity index (χ0v) is 12.8. The molecule has 0 spiro atoms. The van der Waals surface area contributed by atoms with Gasteiger partial charge in [-0.2, -0.15) is 0 Å². The lowest BCUT2D eigenvalue weighted by atomic mass is 10.0. The van der Waals surface area contributed by atoms with E-state index in [1.54, 1.807) is 30.4 Å². The summed E-state index contributed by atoms with van der Waals surface area (Å²) in [5, 5.41) is 37.5. The maximum Gasteiger partial charge on any atom is 0.163 e. The van der Waals surface area contributed by atoms with Crippen molar-refractivity contribution in [2.24, 2.45) is 0 Å². The molecule has 6 heteroatoms. The van der Waals surface area contributed by atoms with E-state index in [2.05, 4.69) is 0 Å². The second kappa shape index (κ2) is 6.82. The molecule has 0 saturated heterocycles. The van der Waals surface area contributed by atoms with Crippen LogP contribution in [0.1, 0.15) is 17.2 Å². The first-order valence-electron chi connectivity index (χ1n) is 7.50. The van der Waals surface area contributed by atoms with E-state index in [-0.39, 0.29) is 24.7 Å². The lowest BCUT2D eigenvalue weighted by Crippen LogP contribution is -2.36. The summed E-state index contributed by atoms with van der Waals surface area (Å²) < 4.78 is 11.7. The number of phenolic OH excluding ortho intramolecular Hbond substituents is 2. The lowest BCUT2D eigenvalue weighted by molar-refractivity contribution is -0.0124. The van der Waals surface area contributed by atoms with Gasteiger partial charge >= 0.3 is 0 Å². The van der Waals surface area contributed by atoms with Crippen LogP contribution in [-0.4, -0.2) is 39.7 Å². The van der Waals surface area contributed by atoms with Gasteiger partial charge in [-0.1, -0.05) is 24.3 Å². The number of fused-ring (bicyclic) bond motifs is 1. The number of aliphatic hydroxyl groups excluding tert-OH is 2. The Kier molecular flexibility index (Phi) is 4.59. The van der Waals surface area contributed by atoms with E-state index in [0.717, 1.165) is 5.56 Å². The minimum Gasteiger partial charge on any atom is -0.504 e. The first-order valence-corrected chi connectivity index (χ1v) is 7.50. The van der Waals surface area contributed by atoms with Gasteiger partial charge in [0, 0.05) is 5.56 Å². The normalized spacial score (nSPS) is 19.6. The van der Waals surface area contributed by atoms with Gasteiger partial charge in [-0.05, 0) is 29.8 Å². The van der Waals surface area contributed by atoms with Crippen molar-refractivity contribution in [2.75, 3.05) is 13.2 Å². The Labute approximate surface area is 138 Å². The molecule has 1 aliphatic rings. The van der Waals surface area contributed by atoms with Crippen molar-refractivity contribution in [3.8, 4) is 23.0 Å². The molecule has 0 bridgehead atoms. The molecule has 0 saturated carbocycles. The Morgan fingerprint density at radius 2 is 1.75 bits per heavy atom. The molecule has 0 aromatic heterocycles. The Morgan fingerprint density at radius 1 is 0.917 bits per heavy atom. The highest BCUT2D eigenvalue weighted by molar-refractivity contribution is 5.56. The van der Waals surface area contributed by atoms with E-state index >= 15 is 0 Å². The topological polar surface area (TPSA) is 99.4 Å². The van der Waals surface area contributed by atoms with Crippen molar-refractivity contribution in [3.05, 3.63) is 53.6 Å². The number of hydrogen-bond donors (Lipinski definition) is 4. The average molecular weight is 330 g/mol. The van der Waals surface area contributed by atoms with Crippen LogP contribution in [0.4, 0.5) is 0 Å². The molecule has 3 rings (SSSR count). The van der Waals surface area contributed by atoms with Crippen molar-refractivity contribution in [2.45, 2.75) is 12.2 Å². The number of aliphatic hydroxyl groups is 2. The maximum atomic E-state index is 9.67. The van der Waals surface area contributed by atoms with Crippen LogP contribution in [-0.2, 0) is 0 Å². The van der Waals surface area contributed by atoms with E-state index < -0.39 is 12.2 Å². The monoisotopic (exact) mass is 330 g/mol. The smallest absolute Gasteiger partial charge is 0.163 e. The Hall–Kier alpha value is -2.70. The first-order chi connectivity index (χ1) is 11.6. The number of phenols is 2. The third-order valence-corrected chi connectivity index (χ3v) is 3.76. The van der Waals surface area contributed by atoms with Gasteiger partial charge in [0.15, 0.2) is 35.2 Å². The molecule has 6 nitrogen and oxygen atoms in total. The predicted octanol–water partition coefficient (Wildman–Crippen LogP) is 1.98. The summed E-state index contributed by atoms with van der Waals surface area (Å²) in [5.74, 6) is 0.520. The van der Waals surface area contributed by atoms with E-state index in [0.29, 0.717) is 17.1 Å². The zero-order valence-electron chi connectivity index (χ0n) is 12.8. The summed E-state index contributed by atoms with van der Waals surface area (Å²) in [4.78, 5) is 0. The lowest BCUT2D eigenvalue weighted by Gasteiger charge is -2.33. The molecule has 2 atom stereocenters. The van der Waals surface area contributed by atoms with Crippen molar-refractivity contribution in [3.63, 3.8) is 0 Å². The molecule has 4 N–H and O–H groups in total. The van der Waals surface area contributed by atoms with Crippen LogP contribution < -0.4 is 9.47 Å². The SMILES string of the molecule is OC/C=C/c1ccc2c(c1)OC(CO)[C@H](c1ccc(O)c(O)c1)O2. The molecule has 126 valence electrons. The maximum absolute atomic E-state index is 9.67. The summed E-state index contributed by atoms with van der Waals surface area (Å²) in [5.41, 5.74) is 1.42. The average Bonchev–Trinajstić information content (AvgIpc) is 2.61. The van der Waals surface area contributed by atoms with Crippen LogP contribution in [0.15, 0.2) is 42.5 Å². The standard InChI is InChI=1S/C18H18O6/c19-7-1-2-11-3-6-15-16(8-11)23-17(10-20)18(24-15)12-4-5-13(21)14(22)9-12/h1-6,8-9,17-22H,7,10H2/b2-1+/t17?,18-/m0/s1. The zero-order chi connectivity index (χ0) is 17.1. The third-order valence-electron chi connectivity index (χ3n) is 3.76. The van der Waals surface area contributed by atoms with Crippen LogP contribution in [0, 0.1) is 0 Å². The van der Waals surface area contributed by atoms with E-state index in [1.807, 2.05) is 6.07 Å². The van der Waals surface area contributed by atoms with Crippen LogP contribution in [0.3, 0.4) is 0 Å². The van der Waals surface area contributed by atoms with Gasteiger partial charge in [0.2, 0.25) is 0 Å². The number of rotatable bonds is 4. The van der Waals surface area contributed by atoms with Gasteiger partial charge in [-0.15, -0.1) is 0 Å². The minimum atomic E-state index is -0.654. The fourth-order valence-corrected chi connectivity index (χ4v) is 2.58. The fourth-order valence-electron chi connectivity index (χ4n) is 2.58. The molecule has 0 amide bonds. The molecule has 0 radical (unpaired) electrons. The van der Waals surface area contributed by atoms with Gasteiger partial charge < -0.3 is 29.9 Å². The molecular weight excluding hydrogens is 312 g/mol. The summed E-state index contributed by atoms with van der Waals surface area (Å²) >= 11 is 0. The summed E-state index contributed by atoms with van der Waals surface area (Å²) in [6.45, 7) is -0.331. The second-order valence-corrected chi connectivity index (χ2v) is 5.42. The summed E-state index contributed by atoms with van der Waals surface area (Å²) in [6.07, 6.45) is 2.09. The number of aromatic hydroxyl groups is 2. The largest absolute Gasteiger partial charge is 0.504 e. The highest BCUT2D eigenvalue weighted by atomic mass is 16.6. The van der Waals surface area contributed by atoms with Crippen LogP contribution in [0.25, 0.3) is 6.08 Å². The van der Waals surface area contributed by atoms with Crippen molar-refractivity contribution in [1.82, 2.24) is 0 Å². The van der Waals surface area contributed by atoms with E-state index in [9.17, 15) is 15.3 Å². The molecule has 1 heterocycles. The fraction of sp³-hybridized carbons (Fsp3) is 0.222. The first kappa shape index (κ1) is 16.2. The molecule has 2 aromatic carbocycles. The third kappa shape index (κ3) is 3.15. The predicted molar refractivity (Wildman–Crippen MR) is 87.2 cm³/mol. The minimum absolute atomic E-state index is 0.0554. The molecule has 24 heavy (non-hydrogen) atoms. The number of benzene rings is 2. The Bertz CT molecular complexity index is 755. The van der Waals surface area contributed by atoms with Gasteiger partial charge in [0.1, 0.15) is 0 Å². The highest BCUT2D eigenvalue weighted by Gasteiger charge is 2.33. The molecule has 1 aliphatic heterocycles. The number of hydrogen-bond acceptors (Lipinski definition) is 6. The van der Waals surface area contributed by atoms with Gasteiger partial charge in [-0.25, -0.2) is 0 Å². The van der Waals surface area contributed by atoms with E-state index in [1.165, 1.54) is 12.1 Å². The van der Waals surface area contributed by atoms with Gasteiger partial charge in [0.25, 0.3) is 0 Å². The quantitative estimate of drug-likeness (QED) is 0.640. The van der Waals surface area contributed by atoms with Crippen molar-refractivity contribution in [1.29, 1.82) is 0 Å². The molecule has 1 unspecified atom stereocenters. The van der Waals surface area contributed by atoms with Crippen LogP contribution in [0.2, 0.25) is 0 Å². The second-order valence-electron chi connectivity index (χ2n) is 5.42. The Morgan fingerprint density at radius 3 is 2.46 bits per heavy atom. The molecular formula is C18H18O6.